The molecule has 2 aromatic carbocycles. The molecule has 2 aliphatic heterocycles. The molecule has 0 aromatic heterocycles. The second-order valence-corrected chi connectivity index (χ2v) is 9.92. The van der Waals surface area contributed by atoms with Crippen molar-refractivity contribution in [3.8, 4) is 0 Å². The molecule has 2 fully saturated rings. The van der Waals surface area contributed by atoms with Gasteiger partial charge in [0.25, 0.3) is 0 Å². The van der Waals surface area contributed by atoms with Crippen LogP contribution in [0.15, 0.2) is 59.5 Å². The van der Waals surface area contributed by atoms with Crippen LogP contribution in [0.4, 0.5) is 24.5 Å². The van der Waals surface area contributed by atoms with E-state index in [2.05, 4.69) is 44.3 Å². The van der Waals surface area contributed by atoms with Crippen molar-refractivity contribution in [2.24, 2.45) is 0 Å². The Labute approximate surface area is 210 Å². The van der Waals surface area contributed by atoms with Crippen molar-refractivity contribution in [3.05, 3.63) is 54.6 Å². The quantitative estimate of drug-likeness (QED) is 0.519. The number of benzene rings is 2. The summed E-state index contributed by atoms with van der Waals surface area (Å²) >= 11 is -0.0947. The maximum absolute atomic E-state index is 12.5. The normalized spacial score (nSPS) is 17.7. The Bertz CT molecular complexity index is 910. The van der Waals surface area contributed by atoms with Gasteiger partial charge in [0.2, 0.25) is 5.91 Å². The molecule has 1 amide bonds. The van der Waals surface area contributed by atoms with Gasteiger partial charge in [-0.15, -0.1) is 0 Å². The number of piperazine rings is 1. The van der Waals surface area contributed by atoms with Gasteiger partial charge in [-0.25, -0.2) is 0 Å². The summed E-state index contributed by atoms with van der Waals surface area (Å²) in [5.74, 6) is 0.0949. The monoisotopic (exact) mass is 508 g/mol. The van der Waals surface area contributed by atoms with E-state index >= 15 is 0 Å². The molecular formula is C26H35F3N4OS. The lowest BCUT2D eigenvalue weighted by molar-refractivity contribution is -0.122. The summed E-state index contributed by atoms with van der Waals surface area (Å²) in [6, 6.07) is 17.1. The summed E-state index contributed by atoms with van der Waals surface area (Å²) in [7, 11) is 0. The average Bonchev–Trinajstić information content (AvgIpc) is 2.84. The molecule has 2 aliphatic rings. The van der Waals surface area contributed by atoms with E-state index in [4.69, 9.17) is 0 Å². The van der Waals surface area contributed by atoms with Crippen LogP contribution in [-0.2, 0) is 4.79 Å². The third-order valence-corrected chi connectivity index (χ3v) is 7.18. The zero-order valence-corrected chi connectivity index (χ0v) is 20.0. The molecule has 4 rings (SSSR count). The fourth-order valence-corrected chi connectivity index (χ4v) is 5.11. The molecule has 5 nitrogen and oxygen atoms in total. The maximum atomic E-state index is 12.5. The highest BCUT2D eigenvalue weighted by Crippen LogP contribution is 2.37. The van der Waals surface area contributed by atoms with Crippen molar-refractivity contribution < 1.29 is 18.0 Å². The zero-order valence-electron chi connectivity index (χ0n) is 19.1. The minimum absolute atomic E-state index is 0. The number of amides is 1. The molecule has 9 heteroatoms. The predicted octanol–water partition coefficient (Wildman–Crippen LogP) is 5.23. The van der Waals surface area contributed by atoms with Crippen molar-refractivity contribution >= 4 is 29.0 Å². The fraction of sp³-hybridized carbons (Fsp3) is 0.500. The van der Waals surface area contributed by atoms with E-state index in [1.54, 1.807) is 12.1 Å². The van der Waals surface area contributed by atoms with E-state index in [0.717, 1.165) is 64.3 Å². The Morgan fingerprint density at radius 1 is 0.857 bits per heavy atom. The van der Waals surface area contributed by atoms with E-state index in [9.17, 15) is 18.0 Å². The number of thioether (sulfide) groups is 1. The van der Waals surface area contributed by atoms with Gasteiger partial charge in [0.1, 0.15) is 0 Å². The smallest absolute Gasteiger partial charge is 0.371 e. The predicted molar refractivity (Wildman–Crippen MR) is 138 cm³/mol. The molecule has 35 heavy (non-hydrogen) atoms. The van der Waals surface area contributed by atoms with Gasteiger partial charge in [-0.2, -0.15) is 13.2 Å². The number of nitrogens with zero attached hydrogens (tertiary/aromatic N) is 3. The number of carbonyl (C=O) groups excluding carboxylic acids is 1. The van der Waals surface area contributed by atoms with Crippen LogP contribution in [-0.4, -0.2) is 68.2 Å². The lowest BCUT2D eigenvalue weighted by Crippen LogP contribution is -2.48. The average molecular weight is 509 g/mol. The number of nitrogens with one attached hydrogen (secondary N) is 1. The third kappa shape index (κ3) is 8.35. The summed E-state index contributed by atoms with van der Waals surface area (Å²) < 4.78 is 37.5. The number of halogens is 3. The van der Waals surface area contributed by atoms with E-state index in [0.29, 0.717) is 6.42 Å². The number of carbonyl (C=O) groups is 1. The number of para-hydroxylation sites is 1. The third-order valence-electron chi connectivity index (χ3n) is 6.44. The molecule has 0 unspecified atom stereocenters. The topological polar surface area (TPSA) is 38.8 Å². The van der Waals surface area contributed by atoms with E-state index < -0.39 is 5.51 Å². The highest BCUT2D eigenvalue weighted by molar-refractivity contribution is 8.00. The number of hydrogen-bond acceptors (Lipinski definition) is 5. The highest BCUT2D eigenvalue weighted by atomic mass is 32.2. The molecule has 2 aromatic rings. The molecule has 0 radical (unpaired) electrons. The van der Waals surface area contributed by atoms with Gasteiger partial charge in [-0.3, -0.25) is 9.69 Å². The van der Waals surface area contributed by atoms with E-state index in [1.807, 2.05) is 6.07 Å². The number of piperidine rings is 1. The second-order valence-electron chi connectivity index (χ2n) is 8.78. The van der Waals surface area contributed by atoms with Crippen LogP contribution in [0.1, 0.15) is 26.7 Å². The fourth-order valence-electron chi connectivity index (χ4n) is 4.57. The molecule has 0 aliphatic carbocycles. The van der Waals surface area contributed by atoms with Crippen LogP contribution >= 0.6 is 11.8 Å². The molecule has 0 saturated carbocycles. The van der Waals surface area contributed by atoms with Gasteiger partial charge >= 0.3 is 5.51 Å². The Kier molecular flexibility index (Phi) is 9.74. The van der Waals surface area contributed by atoms with Crippen LogP contribution in [0.5, 0.6) is 0 Å². The van der Waals surface area contributed by atoms with Crippen LogP contribution in [0.2, 0.25) is 0 Å². The van der Waals surface area contributed by atoms with Crippen molar-refractivity contribution in [2.45, 2.75) is 43.1 Å². The van der Waals surface area contributed by atoms with Crippen molar-refractivity contribution in [3.63, 3.8) is 0 Å². The first-order chi connectivity index (χ1) is 16.4. The molecular weight excluding hydrogens is 473 g/mol. The Morgan fingerprint density at radius 3 is 2.03 bits per heavy atom. The Hall–Kier alpha value is -2.39. The lowest BCUT2D eigenvalue weighted by Gasteiger charge is -2.36. The largest absolute Gasteiger partial charge is 0.446 e. The number of hydrogen-bond donors (Lipinski definition) is 1. The minimum atomic E-state index is -4.27. The summed E-state index contributed by atoms with van der Waals surface area (Å²) in [6.07, 6.45) is 2.17. The maximum Gasteiger partial charge on any atom is 0.446 e. The molecule has 0 spiro atoms. The molecule has 192 valence electrons. The van der Waals surface area contributed by atoms with Gasteiger partial charge in [0.15, 0.2) is 0 Å². The van der Waals surface area contributed by atoms with Crippen LogP contribution < -0.4 is 15.1 Å². The molecule has 0 bridgehead atoms. The van der Waals surface area contributed by atoms with Crippen LogP contribution in [0.3, 0.4) is 0 Å². The summed E-state index contributed by atoms with van der Waals surface area (Å²) in [5, 5.41) is 3.17. The van der Waals surface area contributed by atoms with Gasteiger partial charge < -0.3 is 15.1 Å². The SMILES string of the molecule is C.O=C(CCN1CCN(c2ccccc2)CC1)NC1CCN(c2ccc(SC(F)(F)F)cc2)CC1. The summed E-state index contributed by atoms with van der Waals surface area (Å²) in [6.45, 7) is 6.19. The van der Waals surface area contributed by atoms with Gasteiger partial charge in [-0.1, -0.05) is 25.6 Å². The molecule has 2 saturated heterocycles. The van der Waals surface area contributed by atoms with Crippen molar-refractivity contribution in [1.82, 2.24) is 10.2 Å². The van der Waals surface area contributed by atoms with Gasteiger partial charge in [-0.05, 0) is 61.0 Å². The zero-order chi connectivity index (χ0) is 24.0. The number of anilines is 2. The number of alkyl halides is 3. The molecule has 2 heterocycles. The minimum Gasteiger partial charge on any atom is -0.371 e. The Morgan fingerprint density at radius 2 is 1.43 bits per heavy atom. The van der Waals surface area contributed by atoms with Crippen molar-refractivity contribution in [2.75, 3.05) is 55.6 Å². The molecule has 0 atom stereocenters. The standard InChI is InChI=1S/C25H31F3N4OS.CH4/c26-25(27,28)34-23-8-6-22(7-9-23)31-14-10-20(11-15-31)29-24(33)12-13-30-16-18-32(19-17-30)21-4-2-1-3-5-21;/h1-9,20H,10-19H2,(H,29,33);1H4. The second kappa shape index (κ2) is 12.5. The Balaban J connectivity index is 0.00000342. The van der Waals surface area contributed by atoms with E-state index in [1.165, 1.54) is 17.8 Å². The first-order valence-corrected chi connectivity index (χ1v) is 12.6. The summed E-state index contributed by atoms with van der Waals surface area (Å²) in [4.78, 5) is 19.6. The van der Waals surface area contributed by atoms with Gasteiger partial charge in [0.05, 0.1) is 0 Å². The summed E-state index contributed by atoms with van der Waals surface area (Å²) in [5.41, 5.74) is -2.09. The first kappa shape index (κ1) is 27.2. The first-order valence-electron chi connectivity index (χ1n) is 11.8. The van der Waals surface area contributed by atoms with E-state index in [-0.39, 0.29) is 36.0 Å². The van der Waals surface area contributed by atoms with Crippen LogP contribution in [0, 0.1) is 0 Å². The van der Waals surface area contributed by atoms with Crippen LogP contribution in [0.25, 0.3) is 0 Å². The molecule has 1 N–H and O–H groups in total. The van der Waals surface area contributed by atoms with Crippen molar-refractivity contribution in [1.29, 1.82) is 0 Å². The highest BCUT2D eigenvalue weighted by Gasteiger charge is 2.29. The van der Waals surface area contributed by atoms with Gasteiger partial charge in [0, 0.05) is 74.5 Å². The number of rotatable bonds is 7. The lowest BCUT2D eigenvalue weighted by atomic mass is 10.0.